The second-order valence-corrected chi connectivity index (χ2v) is 5.15. The molecule has 17 heavy (non-hydrogen) atoms. The Hall–Kier alpha value is -1.89. The number of hydrogen-bond donors (Lipinski definition) is 1. The molecule has 0 fully saturated rings. The van der Waals surface area contributed by atoms with E-state index in [9.17, 15) is 18.0 Å². The van der Waals surface area contributed by atoms with Crippen LogP contribution in [0.25, 0.3) is 0 Å². The van der Waals surface area contributed by atoms with Crippen molar-refractivity contribution in [2.75, 3.05) is 12.9 Å². The van der Waals surface area contributed by atoms with Gasteiger partial charge in [-0.15, -0.1) is 0 Å². The van der Waals surface area contributed by atoms with E-state index in [-0.39, 0.29) is 10.5 Å². The van der Waals surface area contributed by atoms with Gasteiger partial charge in [-0.05, 0) is 24.3 Å². The van der Waals surface area contributed by atoms with E-state index in [1.165, 1.54) is 0 Å². The SMILES string of the molecule is COC(=O)CS(=O)(=O)c1ccc(C(=O)O)cc1. The van der Waals surface area contributed by atoms with Gasteiger partial charge < -0.3 is 9.84 Å². The molecule has 0 saturated carbocycles. The third kappa shape index (κ3) is 3.28. The highest BCUT2D eigenvalue weighted by Gasteiger charge is 2.19. The van der Waals surface area contributed by atoms with E-state index in [2.05, 4.69) is 4.74 Å². The van der Waals surface area contributed by atoms with E-state index in [0.29, 0.717) is 0 Å². The van der Waals surface area contributed by atoms with Crippen molar-refractivity contribution in [3.63, 3.8) is 0 Å². The van der Waals surface area contributed by atoms with Crippen LogP contribution in [0.15, 0.2) is 29.2 Å². The molecule has 0 atom stereocenters. The highest BCUT2D eigenvalue weighted by atomic mass is 32.2. The van der Waals surface area contributed by atoms with Gasteiger partial charge in [0, 0.05) is 0 Å². The smallest absolute Gasteiger partial charge is 0.335 e. The Morgan fingerprint density at radius 3 is 2.18 bits per heavy atom. The highest BCUT2D eigenvalue weighted by Crippen LogP contribution is 2.12. The molecule has 0 amide bonds. The maximum absolute atomic E-state index is 11.6. The van der Waals surface area contributed by atoms with Crippen molar-refractivity contribution in [2.45, 2.75) is 4.90 Å². The van der Waals surface area contributed by atoms with E-state index < -0.39 is 27.5 Å². The topological polar surface area (TPSA) is 97.7 Å². The molecule has 0 heterocycles. The van der Waals surface area contributed by atoms with Crippen LogP contribution in [0.4, 0.5) is 0 Å². The molecular weight excluding hydrogens is 248 g/mol. The molecular formula is C10H10O6S. The van der Waals surface area contributed by atoms with Crippen LogP contribution in [0.5, 0.6) is 0 Å². The van der Waals surface area contributed by atoms with Crippen molar-refractivity contribution in [2.24, 2.45) is 0 Å². The van der Waals surface area contributed by atoms with Crippen molar-refractivity contribution in [1.82, 2.24) is 0 Å². The van der Waals surface area contributed by atoms with Gasteiger partial charge in [0.2, 0.25) is 0 Å². The predicted octanol–water partition coefficient (Wildman–Crippen LogP) is 0.331. The molecule has 0 aliphatic heterocycles. The summed E-state index contributed by atoms with van der Waals surface area (Å²) in [6.07, 6.45) is 0. The molecule has 92 valence electrons. The lowest BCUT2D eigenvalue weighted by Gasteiger charge is -2.03. The van der Waals surface area contributed by atoms with Crippen molar-refractivity contribution in [1.29, 1.82) is 0 Å². The molecule has 1 aromatic carbocycles. The number of sulfone groups is 1. The quantitative estimate of drug-likeness (QED) is 0.781. The summed E-state index contributed by atoms with van der Waals surface area (Å²) in [5.41, 5.74) is -0.0259. The average Bonchev–Trinajstić information content (AvgIpc) is 2.28. The van der Waals surface area contributed by atoms with Gasteiger partial charge in [0.15, 0.2) is 15.6 Å². The molecule has 1 rings (SSSR count). The number of ether oxygens (including phenoxy) is 1. The molecule has 1 aromatic rings. The van der Waals surface area contributed by atoms with Gasteiger partial charge in [-0.1, -0.05) is 0 Å². The molecule has 0 spiro atoms. The molecule has 6 nitrogen and oxygen atoms in total. The Balaban J connectivity index is 3.00. The molecule has 0 radical (unpaired) electrons. The van der Waals surface area contributed by atoms with E-state index >= 15 is 0 Å². The monoisotopic (exact) mass is 258 g/mol. The van der Waals surface area contributed by atoms with Crippen LogP contribution in [-0.2, 0) is 19.4 Å². The van der Waals surface area contributed by atoms with Crippen LogP contribution in [0.1, 0.15) is 10.4 Å². The van der Waals surface area contributed by atoms with Gasteiger partial charge in [-0.25, -0.2) is 13.2 Å². The van der Waals surface area contributed by atoms with Crippen molar-refractivity contribution in [3.8, 4) is 0 Å². The lowest BCUT2D eigenvalue weighted by atomic mass is 10.2. The van der Waals surface area contributed by atoms with E-state index in [4.69, 9.17) is 5.11 Å². The first-order valence-corrected chi connectivity index (χ1v) is 6.15. The molecule has 0 aliphatic rings. The summed E-state index contributed by atoms with van der Waals surface area (Å²) in [4.78, 5) is 21.3. The number of rotatable bonds is 4. The van der Waals surface area contributed by atoms with E-state index in [1.54, 1.807) is 0 Å². The largest absolute Gasteiger partial charge is 0.478 e. The summed E-state index contributed by atoms with van der Waals surface area (Å²) < 4.78 is 27.5. The second kappa shape index (κ2) is 4.96. The number of methoxy groups -OCH3 is 1. The van der Waals surface area contributed by atoms with E-state index in [0.717, 1.165) is 31.4 Å². The number of carboxylic acid groups (broad SMARTS) is 1. The van der Waals surface area contributed by atoms with Crippen LogP contribution >= 0.6 is 0 Å². The molecule has 0 saturated heterocycles. The zero-order valence-electron chi connectivity index (χ0n) is 8.91. The predicted molar refractivity (Wildman–Crippen MR) is 57.5 cm³/mol. The first kappa shape index (κ1) is 13.2. The lowest BCUT2D eigenvalue weighted by Crippen LogP contribution is -2.17. The first-order chi connectivity index (χ1) is 7.86. The minimum Gasteiger partial charge on any atom is -0.478 e. The minimum atomic E-state index is -3.78. The van der Waals surface area contributed by atoms with Gasteiger partial charge >= 0.3 is 11.9 Å². The first-order valence-electron chi connectivity index (χ1n) is 4.50. The molecule has 1 N–H and O–H groups in total. The fourth-order valence-corrected chi connectivity index (χ4v) is 2.25. The minimum absolute atomic E-state index is 0.0259. The Morgan fingerprint density at radius 2 is 1.76 bits per heavy atom. The van der Waals surface area contributed by atoms with Crippen LogP contribution < -0.4 is 0 Å². The number of benzene rings is 1. The maximum atomic E-state index is 11.6. The third-order valence-corrected chi connectivity index (χ3v) is 3.60. The van der Waals surface area contributed by atoms with Crippen molar-refractivity contribution in [3.05, 3.63) is 29.8 Å². The second-order valence-electron chi connectivity index (χ2n) is 3.16. The molecule has 0 bridgehead atoms. The maximum Gasteiger partial charge on any atom is 0.335 e. The summed E-state index contributed by atoms with van der Waals surface area (Å²) in [7, 11) is -2.69. The zero-order chi connectivity index (χ0) is 13.1. The number of hydrogen-bond acceptors (Lipinski definition) is 5. The number of carbonyl (C=O) groups excluding carboxylic acids is 1. The molecule has 0 aliphatic carbocycles. The summed E-state index contributed by atoms with van der Waals surface area (Å²) in [6.45, 7) is 0. The van der Waals surface area contributed by atoms with Gasteiger partial charge in [0.05, 0.1) is 17.6 Å². The number of aromatic carboxylic acids is 1. The summed E-state index contributed by atoms with van der Waals surface area (Å²) >= 11 is 0. The van der Waals surface area contributed by atoms with Crippen molar-refractivity contribution >= 4 is 21.8 Å². The molecule has 0 unspecified atom stereocenters. The fraction of sp³-hybridized carbons (Fsp3) is 0.200. The van der Waals surface area contributed by atoms with Crippen LogP contribution in [0.2, 0.25) is 0 Å². The van der Waals surface area contributed by atoms with Crippen LogP contribution in [0, 0.1) is 0 Å². The highest BCUT2D eigenvalue weighted by molar-refractivity contribution is 7.92. The average molecular weight is 258 g/mol. The van der Waals surface area contributed by atoms with Gasteiger partial charge in [-0.2, -0.15) is 0 Å². The van der Waals surface area contributed by atoms with Crippen molar-refractivity contribution < 1.29 is 27.9 Å². The van der Waals surface area contributed by atoms with Gasteiger partial charge in [0.25, 0.3) is 0 Å². The Labute approximate surface area is 97.7 Å². The Kier molecular flexibility index (Phi) is 3.84. The fourth-order valence-electron chi connectivity index (χ4n) is 1.10. The third-order valence-electron chi connectivity index (χ3n) is 2.00. The van der Waals surface area contributed by atoms with E-state index in [1.807, 2.05) is 0 Å². The number of carbonyl (C=O) groups is 2. The Morgan fingerprint density at radius 1 is 1.24 bits per heavy atom. The van der Waals surface area contributed by atoms with Crippen LogP contribution in [0.3, 0.4) is 0 Å². The Bertz CT molecular complexity index is 528. The normalized spacial score (nSPS) is 10.9. The van der Waals surface area contributed by atoms with Crippen LogP contribution in [-0.4, -0.2) is 38.3 Å². The molecule has 0 aromatic heterocycles. The summed E-state index contributed by atoms with van der Waals surface area (Å²) in [5, 5.41) is 8.64. The summed E-state index contributed by atoms with van der Waals surface area (Å²) in [5.74, 6) is -2.79. The lowest BCUT2D eigenvalue weighted by molar-refractivity contribution is -0.137. The standard InChI is InChI=1S/C10H10O6S/c1-16-9(11)6-17(14,15)8-4-2-7(3-5-8)10(12)13/h2-5H,6H2,1H3,(H,12,13). The van der Waals surface area contributed by atoms with Gasteiger partial charge in [0.1, 0.15) is 0 Å². The zero-order valence-corrected chi connectivity index (χ0v) is 9.73. The molecule has 7 heteroatoms. The number of carboxylic acids is 1. The van der Waals surface area contributed by atoms with Gasteiger partial charge in [-0.3, -0.25) is 4.79 Å². The summed E-state index contributed by atoms with van der Waals surface area (Å²) in [6, 6.07) is 4.60. The number of esters is 1.